The van der Waals surface area contributed by atoms with Crippen LogP contribution in [-0.2, 0) is 11.2 Å². The lowest BCUT2D eigenvalue weighted by Gasteiger charge is -2.20. The molecule has 1 aromatic heterocycles. The van der Waals surface area contributed by atoms with Crippen LogP contribution in [0.15, 0.2) is 90.1 Å². The Kier molecular flexibility index (Phi) is 9.45. The highest BCUT2D eigenvalue weighted by Crippen LogP contribution is 2.27. The number of likely N-dealkylation sites (N-methyl/N-ethyl adjacent to an activating group) is 1. The van der Waals surface area contributed by atoms with Crippen LogP contribution in [0.4, 0.5) is 0 Å². The number of nitrogens with zero attached hydrogens (tertiary/aromatic N) is 3. The number of aliphatic imine (C=N–C) groups is 1. The van der Waals surface area contributed by atoms with Crippen LogP contribution in [0.5, 0.6) is 0 Å². The lowest BCUT2D eigenvalue weighted by molar-refractivity contribution is -0.128. The fourth-order valence-corrected chi connectivity index (χ4v) is 3.70. The molecule has 3 aromatic rings. The molecule has 0 saturated carbocycles. The van der Waals surface area contributed by atoms with Crippen LogP contribution in [0.1, 0.15) is 29.2 Å². The molecule has 0 aliphatic carbocycles. The van der Waals surface area contributed by atoms with Crippen LogP contribution in [-0.4, -0.2) is 55.5 Å². The standard InChI is InChI=1S/C27H33N5O/c1-28-27(31-21-26(33)32(2)20-17-24-15-9-10-18-29-24)30-19-16-25(22-11-5-3-6-12-22)23-13-7-4-8-14-23/h3-15,18,25H,16-17,19-21H2,1-2H3,(H2,28,30,31). The average Bonchev–Trinajstić information content (AvgIpc) is 2.88. The molecule has 0 unspecified atom stereocenters. The molecule has 0 atom stereocenters. The normalized spacial score (nSPS) is 11.3. The zero-order chi connectivity index (χ0) is 23.3. The van der Waals surface area contributed by atoms with Gasteiger partial charge in [0.2, 0.25) is 5.91 Å². The van der Waals surface area contributed by atoms with Gasteiger partial charge in [0, 0.05) is 51.4 Å². The first-order valence-electron chi connectivity index (χ1n) is 11.4. The van der Waals surface area contributed by atoms with Crippen LogP contribution in [0, 0.1) is 0 Å². The molecular formula is C27H33N5O. The SMILES string of the molecule is CN=C(NCCC(c1ccccc1)c1ccccc1)NCC(=O)N(C)CCc1ccccn1. The van der Waals surface area contributed by atoms with Crippen molar-refractivity contribution in [3.63, 3.8) is 0 Å². The van der Waals surface area contributed by atoms with E-state index in [1.807, 2.05) is 37.4 Å². The van der Waals surface area contributed by atoms with E-state index in [1.165, 1.54) is 11.1 Å². The third kappa shape index (κ3) is 7.75. The highest BCUT2D eigenvalue weighted by atomic mass is 16.2. The molecule has 1 heterocycles. The van der Waals surface area contributed by atoms with E-state index < -0.39 is 0 Å². The molecule has 33 heavy (non-hydrogen) atoms. The fraction of sp³-hybridized carbons (Fsp3) is 0.296. The summed E-state index contributed by atoms with van der Waals surface area (Å²) >= 11 is 0. The van der Waals surface area contributed by atoms with E-state index in [2.05, 4.69) is 69.1 Å². The summed E-state index contributed by atoms with van der Waals surface area (Å²) in [6, 6.07) is 26.9. The molecule has 0 bridgehead atoms. The highest BCUT2D eigenvalue weighted by Gasteiger charge is 2.14. The van der Waals surface area contributed by atoms with Crippen LogP contribution in [0.25, 0.3) is 0 Å². The van der Waals surface area contributed by atoms with Crippen molar-refractivity contribution in [3.8, 4) is 0 Å². The molecule has 0 aliphatic heterocycles. The van der Waals surface area contributed by atoms with Crippen molar-refractivity contribution in [2.24, 2.45) is 4.99 Å². The first-order chi connectivity index (χ1) is 16.2. The van der Waals surface area contributed by atoms with Crippen LogP contribution >= 0.6 is 0 Å². The summed E-state index contributed by atoms with van der Waals surface area (Å²) in [6.45, 7) is 1.55. The number of hydrogen-bond acceptors (Lipinski definition) is 3. The summed E-state index contributed by atoms with van der Waals surface area (Å²) in [6.07, 6.45) is 3.41. The van der Waals surface area contributed by atoms with Gasteiger partial charge in [-0.15, -0.1) is 0 Å². The second kappa shape index (κ2) is 13.0. The largest absolute Gasteiger partial charge is 0.356 e. The fourth-order valence-electron chi connectivity index (χ4n) is 3.70. The molecule has 0 fully saturated rings. The van der Waals surface area contributed by atoms with Gasteiger partial charge in [0.05, 0.1) is 6.54 Å². The second-order valence-corrected chi connectivity index (χ2v) is 7.90. The molecule has 2 N–H and O–H groups in total. The number of nitrogens with one attached hydrogen (secondary N) is 2. The van der Waals surface area contributed by atoms with Crippen LogP contribution in [0.2, 0.25) is 0 Å². The first kappa shape index (κ1) is 24.0. The van der Waals surface area contributed by atoms with Crippen LogP contribution in [0.3, 0.4) is 0 Å². The predicted molar refractivity (Wildman–Crippen MR) is 134 cm³/mol. The number of hydrogen-bond donors (Lipinski definition) is 2. The third-order valence-electron chi connectivity index (χ3n) is 5.62. The molecule has 3 rings (SSSR count). The number of benzene rings is 2. The Labute approximate surface area is 196 Å². The van der Waals surface area contributed by atoms with E-state index >= 15 is 0 Å². The van der Waals surface area contributed by atoms with Crippen LogP contribution < -0.4 is 10.6 Å². The lowest BCUT2D eigenvalue weighted by atomic mass is 9.88. The molecule has 6 nitrogen and oxygen atoms in total. The summed E-state index contributed by atoms with van der Waals surface area (Å²) in [4.78, 5) is 22.8. The molecular weight excluding hydrogens is 410 g/mol. The summed E-state index contributed by atoms with van der Waals surface area (Å²) in [5.41, 5.74) is 3.56. The quantitative estimate of drug-likeness (QED) is 0.372. The van der Waals surface area contributed by atoms with Crippen molar-refractivity contribution in [3.05, 3.63) is 102 Å². The Morgan fingerprint density at radius 2 is 1.58 bits per heavy atom. The zero-order valence-corrected chi connectivity index (χ0v) is 19.4. The number of amides is 1. The van der Waals surface area contributed by atoms with Gasteiger partial charge in [0.1, 0.15) is 0 Å². The molecule has 2 aromatic carbocycles. The minimum Gasteiger partial charge on any atom is -0.356 e. The monoisotopic (exact) mass is 443 g/mol. The molecule has 0 spiro atoms. The van der Waals surface area contributed by atoms with Gasteiger partial charge in [-0.2, -0.15) is 0 Å². The Morgan fingerprint density at radius 1 is 0.939 bits per heavy atom. The van der Waals surface area contributed by atoms with E-state index in [-0.39, 0.29) is 18.4 Å². The van der Waals surface area contributed by atoms with Gasteiger partial charge in [-0.1, -0.05) is 66.7 Å². The van der Waals surface area contributed by atoms with Gasteiger partial charge in [0.25, 0.3) is 0 Å². The zero-order valence-electron chi connectivity index (χ0n) is 19.4. The number of guanidine groups is 1. The molecule has 0 aliphatic rings. The Bertz CT molecular complexity index is 953. The van der Waals surface area contributed by atoms with Crippen molar-refractivity contribution in [2.75, 3.05) is 33.7 Å². The topological polar surface area (TPSA) is 69.6 Å². The van der Waals surface area contributed by atoms with Crippen molar-refractivity contribution in [1.29, 1.82) is 0 Å². The summed E-state index contributed by atoms with van der Waals surface area (Å²) in [7, 11) is 3.53. The molecule has 1 amide bonds. The first-order valence-corrected chi connectivity index (χ1v) is 11.4. The molecule has 6 heteroatoms. The summed E-state index contributed by atoms with van der Waals surface area (Å²) in [5, 5.41) is 6.48. The maximum Gasteiger partial charge on any atom is 0.241 e. The van der Waals surface area contributed by atoms with Crippen molar-refractivity contribution >= 4 is 11.9 Å². The smallest absolute Gasteiger partial charge is 0.241 e. The minimum atomic E-state index is 0.0142. The highest BCUT2D eigenvalue weighted by molar-refractivity contribution is 5.86. The Hall–Kier alpha value is -3.67. The molecule has 172 valence electrons. The third-order valence-corrected chi connectivity index (χ3v) is 5.62. The number of pyridine rings is 1. The van der Waals surface area contributed by atoms with Gasteiger partial charge in [-0.05, 0) is 29.7 Å². The van der Waals surface area contributed by atoms with Gasteiger partial charge >= 0.3 is 0 Å². The number of carbonyl (C=O) groups excluding carboxylic acids is 1. The van der Waals surface area contributed by atoms with Gasteiger partial charge < -0.3 is 15.5 Å². The van der Waals surface area contributed by atoms with Gasteiger partial charge in [-0.25, -0.2) is 0 Å². The maximum atomic E-state index is 12.5. The van der Waals surface area contributed by atoms with E-state index in [1.54, 1.807) is 18.1 Å². The second-order valence-electron chi connectivity index (χ2n) is 7.90. The summed E-state index contributed by atoms with van der Waals surface area (Å²) < 4.78 is 0. The maximum absolute atomic E-state index is 12.5. The Morgan fingerprint density at radius 3 is 2.15 bits per heavy atom. The van der Waals surface area contributed by atoms with Gasteiger partial charge in [-0.3, -0.25) is 14.8 Å². The lowest BCUT2D eigenvalue weighted by Crippen LogP contribution is -2.44. The summed E-state index contributed by atoms with van der Waals surface area (Å²) in [5.74, 6) is 0.930. The van der Waals surface area contributed by atoms with Gasteiger partial charge in [0.15, 0.2) is 5.96 Å². The minimum absolute atomic E-state index is 0.0142. The van der Waals surface area contributed by atoms with E-state index in [0.717, 1.165) is 25.1 Å². The van der Waals surface area contributed by atoms with Crippen molar-refractivity contribution in [2.45, 2.75) is 18.8 Å². The van der Waals surface area contributed by atoms with E-state index in [4.69, 9.17) is 0 Å². The van der Waals surface area contributed by atoms with E-state index in [9.17, 15) is 4.79 Å². The number of rotatable bonds is 10. The van der Waals surface area contributed by atoms with Crippen molar-refractivity contribution in [1.82, 2.24) is 20.5 Å². The van der Waals surface area contributed by atoms with E-state index in [0.29, 0.717) is 12.5 Å². The predicted octanol–water partition coefficient (Wildman–Crippen LogP) is 3.47. The number of aromatic nitrogens is 1. The Balaban J connectivity index is 1.46. The molecule has 0 radical (unpaired) electrons. The molecule has 0 saturated heterocycles. The number of carbonyl (C=O) groups is 1. The van der Waals surface area contributed by atoms with Crippen molar-refractivity contribution < 1.29 is 4.79 Å². The average molecular weight is 444 g/mol.